The van der Waals surface area contributed by atoms with E-state index in [9.17, 15) is 4.79 Å². The molecule has 0 aliphatic rings. The van der Waals surface area contributed by atoms with Crippen LogP contribution in [0.5, 0.6) is 0 Å². The predicted octanol–water partition coefficient (Wildman–Crippen LogP) is 2.48. The molecule has 4 nitrogen and oxygen atoms in total. The van der Waals surface area contributed by atoms with E-state index in [1.807, 2.05) is 0 Å². The van der Waals surface area contributed by atoms with E-state index in [2.05, 4.69) is 43.0 Å². The lowest BCUT2D eigenvalue weighted by atomic mass is 10.2. The minimum atomic E-state index is -0.0920. The number of anilines is 1. The number of nitrogens with one attached hydrogen (secondary N) is 2. The largest absolute Gasteiger partial charge is 0.355 e. The molecule has 0 amide bonds. The maximum absolute atomic E-state index is 11.5. The molecule has 96 valence electrons. The molecule has 17 heavy (non-hydrogen) atoms. The number of thioether (sulfide) groups is 1. The molecule has 0 aromatic carbocycles. The van der Waals surface area contributed by atoms with Gasteiger partial charge in [-0.15, -0.1) is 0 Å². The van der Waals surface area contributed by atoms with Gasteiger partial charge in [0.2, 0.25) is 5.95 Å². The van der Waals surface area contributed by atoms with E-state index in [-0.39, 0.29) is 5.56 Å². The normalized spacial score (nSPS) is 11.2. The number of H-pyrrole nitrogens is 1. The first-order valence-electron chi connectivity index (χ1n) is 5.93. The second kappa shape index (κ2) is 6.69. The summed E-state index contributed by atoms with van der Waals surface area (Å²) in [5, 5.41) is 3.68. The molecule has 0 radical (unpaired) electrons. The van der Waals surface area contributed by atoms with Crippen molar-refractivity contribution in [1.82, 2.24) is 9.97 Å². The summed E-state index contributed by atoms with van der Waals surface area (Å²) < 4.78 is 0. The molecule has 0 atom stereocenters. The molecule has 0 aliphatic carbocycles. The molecule has 0 unspecified atom stereocenters. The van der Waals surface area contributed by atoms with Gasteiger partial charge in [0.25, 0.3) is 5.56 Å². The van der Waals surface area contributed by atoms with E-state index < -0.39 is 0 Å². The summed E-state index contributed by atoms with van der Waals surface area (Å²) >= 11 is 1.78. The second-order valence-corrected chi connectivity index (χ2v) is 6.28. The minimum absolute atomic E-state index is 0.0920. The monoisotopic (exact) mass is 255 g/mol. The molecule has 0 bridgehead atoms. The van der Waals surface area contributed by atoms with E-state index in [1.165, 1.54) is 0 Å². The van der Waals surface area contributed by atoms with Crippen LogP contribution < -0.4 is 10.9 Å². The lowest BCUT2D eigenvalue weighted by molar-refractivity contribution is 0.684. The number of aromatic nitrogens is 2. The minimum Gasteiger partial charge on any atom is -0.355 e. The molecular formula is C12H21N3OS. The summed E-state index contributed by atoms with van der Waals surface area (Å²) in [6, 6.07) is 1.57. The van der Waals surface area contributed by atoms with Crippen molar-refractivity contribution in [2.75, 3.05) is 11.9 Å². The van der Waals surface area contributed by atoms with Gasteiger partial charge in [-0.2, -0.15) is 11.8 Å². The maximum atomic E-state index is 11.5. The third-order valence-electron chi connectivity index (χ3n) is 2.04. The number of nitrogens with zero attached hydrogens (tertiary/aromatic N) is 1. The molecule has 1 heterocycles. The molecule has 1 aromatic heterocycles. The molecule has 0 fully saturated rings. The van der Waals surface area contributed by atoms with Gasteiger partial charge in [-0.1, -0.05) is 27.7 Å². The Hall–Kier alpha value is -0.970. The summed E-state index contributed by atoms with van der Waals surface area (Å²) in [5.41, 5.74) is 0.740. The van der Waals surface area contributed by atoms with Crippen molar-refractivity contribution in [3.05, 3.63) is 22.1 Å². The van der Waals surface area contributed by atoms with Gasteiger partial charge in [0, 0.05) is 18.4 Å². The Kier molecular flexibility index (Phi) is 5.55. The molecular weight excluding hydrogens is 234 g/mol. The first-order chi connectivity index (χ1) is 7.97. The van der Waals surface area contributed by atoms with Gasteiger partial charge in [-0.05, 0) is 11.2 Å². The highest BCUT2D eigenvalue weighted by Gasteiger charge is 2.03. The fraction of sp³-hybridized carbons (Fsp3) is 0.667. The van der Waals surface area contributed by atoms with Gasteiger partial charge < -0.3 is 5.32 Å². The average molecular weight is 255 g/mol. The standard InChI is InChI=1S/C12H21N3OS/c1-8(2)6-13-12-14-10(5-11(16)15-12)7-17-9(3)4/h5,8-9H,6-7H2,1-4H3,(H2,13,14,15,16). The van der Waals surface area contributed by atoms with E-state index in [0.717, 1.165) is 18.0 Å². The summed E-state index contributed by atoms with van der Waals surface area (Å²) in [5.74, 6) is 1.87. The van der Waals surface area contributed by atoms with Crippen LogP contribution >= 0.6 is 11.8 Å². The van der Waals surface area contributed by atoms with Crippen LogP contribution in [0.1, 0.15) is 33.4 Å². The summed E-state index contributed by atoms with van der Waals surface area (Å²) in [6.45, 7) is 9.31. The Labute approximate surface area is 107 Å². The van der Waals surface area contributed by atoms with E-state index in [1.54, 1.807) is 17.8 Å². The third kappa shape index (κ3) is 5.77. The van der Waals surface area contributed by atoms with Crippen LogP contribution in [-0.2, 0) is 5.75 Å². The molecule has 2 N–H and O–H groups in total. The van der Waals surface area contributed by atoms with Gasteiger partial charge in [0.05, 0.1) is 5.69 Å². The first-order valence-corrected chi connectivity index (χ1v) is 6.98. The average Bonchev–Trinajstić information content (AvgIpc) is 2.23. The predicted molar refractivity (Wildman–Crippen MR) is 74.6 cm³/mol. The zero-order valence-electron chi connectivity index (χ0n) is 10.9. The molecule has 0 aliphatic heterocycles. The van der Waals surface area contributed by atoms with Crippen molar-refractivity contribution in [2.45, 2.75) is 38.7 Å². The van der Waals surface area contributed by atoms with Crippen molar-refractivity contribution < 1.29 is 0 Å². The fourth-order valence-electron chi connectivity index (χ4n) is 1.22. The molecule has 0 spiro atoms. The van der Waals surface area contributed by atoms with E-state index in [4.69, 9.17) is 0 Å². The zero-order valence-corrected chi connectivity index (χ0v) is 11.7. The Morgan fingerprint density at radius 1 is 1.41 bits per heavy atom. The zero-order chi connectivity index (χ0) is 12.8. The van der Waals surface area contributed by atoms with Crippen LogP contribution in [0.4, 0.5) is 5.95 Å². The van der Waals surface area contributed by atoms with Crippen molar-refractivity contribution >= 4 is 17.7 Å². The van der Waals surface area contributed by atoms with Gasteiger partial charge in [0.15, 0.2) is 0 Å². The summed E-state index contributed by atoms with van der Waals surface area (Å²) in [7, 11) is 0. The van der Waals surface area contributed by atoms with Crippen LogP contribution in [0, 0.1) is 5.92 Å². The van der Waals surface area contributed by atoms with Crippen molar-refractivity contribution in [3.63, 3.8) is 0 Å². The Balaban J connectivity index is 2.69. The quantitative estimate of drug-likeness (QED) is 0.820. The SMILES string of the molecule is CC(C)CNc1nc(CSC(C)C)cc(=O)[nH]1. The Morgan fingerprint density at radius 3 is 2.71 bits per heavy atom. The maximum Gasteiger partial charge on any atom is 0.252 e. The topological polar surface area (TPSA) is 57.8 Å². The highest BCUT2D eigenvalue weighted by Crippen LogP contribution is 2.15. The highest BCUT2D eigenvalue weighted by atomic mass is 32.2. The summed E-state index contributed by atoms with van der Waals surface area (Å²) in [4.78, 5) is 18.5. The molecule has 5 heteroatoms. The van der Waals surface area contributed by atoms with Crippen LogP contribution in [0.25, 0.3) is 0 Å². The second-order valence-electron chi connectivity index (χ2n) is 4.72. The van der Waals surface area contributed by atoms with Crippen LogP contribution in [0.3, 0.4) is 0 Å². The van der Waals surface area contributed by atoms with Crippen LogP contribution in [0.2, 0.25) is 0 Å². The Bertz CT molecular complexity index is 368. The highest BCUT2D eigenvalue weighted by molar-refractivity contribution is 7.99. The number of hydrogen-bond acceptors (Lipinski definition) is 4. The van der Waals surface area contributed by atoms with Gasteiger partial charge in [-0.3, -0.25) is 9.78 Å². The molecule has 1 aromatic rings. The number of rotatable bonds is 6. The Morgan fingerprint density at radius 2 is 2.12 bits per heavy atom. The lowest BCUT2D eigenvalue weighted by Gasteiger charge is -2.09. The fourth-order valence-corrected chi connectivity index (χ4v) is 1.87. The van der Waals surface area contributed by atoms with Gasteiger partial charge >= 0.3 is 0 Å². The van der Waals surface area contributed by atoms with E-state index >= 15 is 0 Å². The van der Waals surface area contributed by atoms with E-state index in [0.29, 0.717) is 17.1 Å². The first kappa shape index (κ1) is 14.1. The lowest BCUT2D eigenvalue weighted by Crippen LogP contribution is -2.16. The van der Waals surface area contributed by atoms with Gasteiger partial charge in [-0.25, -0.2) is 4.98 Å². The van der Waals surface area contributed by atoms with Crippen LogP contribution in [0.15, 0.2) is 10.9 Å². The van der Waals surface area contributed by atoms with Crippen LogP contribution in [-0.4, -0.2) is 21.8 Å². The van der Waals surface area contributed by atoms with Crippen molar-refractivity contribution in [1.29, 1.82) is 0 Å². The van der Waals surface area contributed by atoms with Crippen molar-refractivity contribution in [3.8, 4) is 0 Å². The molecule has 0 saturated carbocycles. The molecule has 0 saturated heterocycles. The van der Waals surface area contributed by atoms with Crippen molar-refractivity contribution in [2.24, 2.45) is 5.92 Å². The number of hydrogen-bond donors (Lipinski definition) is 2. The molecule has 1 rings (SSSR count). The summed E-state index contributed by atoms with van der Waals surface area (Å²) in [6.07, 6.45) is 0. The third-order valence-corrected chi connectivity index (χ3v) is 3.17. The number of aromatic amines is 1. The van der Waals surface area contributed by atoms with Gasteiger partial charge in [0.1, 0.15) is 0 Å². The smallest absolute Gasteiger partial charge is 0.252 e.